The Morgan fingerprint density at radius 2 is 2.13 bits per heavy atom. The van der Waals surface area contributed by atoms with Gasteiger partial charge in [0.15, 0.2) is 6.10 Å². The lowest BCUT2D eigenvalue weighted by atomic mass is 9.83. The van der Waals surface area contributed by atoms with Gasteiger partial charge in [-0.3, -0.25) is 9.79 Å². The Bertz CT molecular complexity index is 746. The molecular weight excluding hydrogens is 412 g/mol. The van der Waals surface area contributed by atoms with Crippen molar-refractivity contribution in [2.45, 2.75) is 38.0 Å². The van der Waals surface area contributed by atoms with Gasteiger partial charge in [-0.15, -0.1) is 11.8 Å². The number of amides is 1. The van der Waals surface area contributed by atoms with E-state index in [4.69, 9.17) is 10.5 Å². The zero-order valence-electron chi connectivity index (χ0n) is 17.7. The van der Waals surface area contributed by atoms with Crippen LogP contribution in [0.5, 0.6) is 0 Å². The highest BCUT2D eigenvalue weighted by molar-refractivity contribution is 8.03. The number of aliphatic carboxylic acids is 1. The molecule has 0 radical (unpaired) electrons. The molecular formula is C19H30N4O6S. The summed E-state index contributed by atoms with van der Waals surface area (Å²) in [6, 6.07) is -0.307. The number of aliphatic hydroxyl groups excluding tert-OH is 1. The first-order chi connectivity index (χ1) is 14.0. The highest BCUT2D eigenvalue weighted by Crippen LogP contribution is 2.47. The fourth-order valence-electron chi connectivity index (χ4n) is 3.79. The molecule has 4 atom stereocenters. The van der Waals surface area contributed by atoms with E-state index < -0.39 is 36.5 Å². The fraction of sp³-hybridized carbons (Fsp3) is 0.684. The quantitative estimate of drug-likeness (QED) is 0.0960. The number of esters is 1. The molecule has 2 aliphatic heterocycles. The summed E-state index contributed by atoms with van der Waals surface area (Å²) in [7, 11) is 5.56. The summed E-state index contributed by atoms with van der Waals surface area (Å²) in [5.74, 6) is -2.41. The predicted molar refractivity (Wildman–Crippen MR) is 110 cm³/mol. The van der Waals surface area contributed by atoms with Crippen molar-refractivity contribution in [3.63, 3.8) is 0 Å². The number of carboxylic acids is 1. The van der Waals surface area contributed by atoms with E-state index in [-0.39, 0.29) is 24.2 Å². The molecule has 30 heavy (non-hydrogen) atoms. The van der Waals surface area contributed by atoms with Gasteiger partial charge in [-0.25, -0.2) is 4.79 Å². The van der Waals surface area contributed by atoms with Gasteiger partial charge < -0.3 is 34.9 Å². The minimum atomic E-state index is -1.32. The summed E-state index contributed by atoms with van der Waals surface area (Å²) in [4.78, 5) is 42.7. The summed E-state index contributed by atoms with van der Waals surface area (Å²) in [6.45, 7) is 2.27. The fourth-order valence-corrected chi connectivity index (χ4v) is 4.84. The Morgan fingerprint density at radius 1 is 1.47 bits per heavy atom. The van der Waals surface area contributed by atoms with Gasteiger partial charge >= 0.3 is 5.97 Å². The minimum Gasteiger partial charge on any atom is -0.550 e. The Balaban J connectivity index is 2.23. The van der Waals surface area contributed by atoms with E-state index in [1.165, 1.54) is 23.0 Å². The molecule has 0 bridgehead atoms. The molecule has 0 saturated carbocycles. The van der Waals surface area contributed by atoms with Crippen LogP contribution in [0.15, 0.2) is 15.6 Å². The van der Waals surface area contributed by atoms with Crippen molar-refractivity contribution in [1.29, 1.82) is 0 Å². The van der Waals surface area contributed by atoms with Crippen molar-refractivity contribution >= 4 is 35.9 Å². The molecule has 1 fully saturated rings. The van der Waals surface area contributed by atoms with Crippen molar-refractivity contribution in [3.8, 4) is 0 Å². The van der Waals surface area contributed by atoms with Crippen LogP contribution in [0.2, 0.25) is 0 Å². The van der Waals surface area contributed by atoms with Gasteiger partial charge in [-0.05, 0) is 6.92 Å². The van der Waals surface area contributed by atoms with Crippen LogP contribution in [-0.4, -0.2) is 96.9 Å². The Morgan fingerprint density at radius 3 is 2.67 bits per heavy atom. The predicted octanol–water partition coefficient (Wildman–Crippen LogP) is -1.71. The molecule has 2 heterocycles. The monoisotopic (exact) mass is 442 g/mol. The van der Waals surface area contributed by atoms with Gasteiger partial charge in [0.2, 0.25) is 5.91 Å². The SMILES string of the molecule is C[C@@H](O)[C@H]1C(=O)N2C(C(=O)OC(CC(=O)[O-])C[N+](C)(C)C)=C(SCCN=CN)C[C@H]12. The number of rotatable bonds is 11. The lowest BCUT2D eigenvalue weighted by Gasteiger charge is -2.44. The zero-order chi connectivity index (χ0) is 22.6. The maximum atomic E-state index is 13.0. The largest absolute Gasteiger partial charge is 0.550 e. The van der Waals surface area contributed by atoms with Gasteiger partial charge in [0.1, 0.15) is 12.2 Å². The molecule has 1 unspecified atom stereocenters. The molecule has 2 rings (SSSR count). The number of aliphatic hydroxyl groups is 1. The van der Waals surface area contributed by atoms with Gasteiger partial charge in [0.25, 0.3) is 0 Å². The van der Waals surface area contributed by atoms with Gasteiger partial charge in [-0.1, -0.05) is 0 Å². The number of quaternary nitrogens is 1. The molecule has 10 nitrogen and oxygen atoms in total. The van der Waals surface area contributed by atoms with Crippen LogP contribution in [0.25, 0.3) is 0 Å². The van der Waals surface area contributed by atoms with Crippen LogP contribution >= 0.6 is 11.8 Å². The van der Waals surface area contributed by atoms with Gasteiger partial charge in [0, 0.05) is 29.5 Å². The number of carboxylic acid groups (broad SMARTS) is 1. The summed E-state index contributed by atoms with van der Waals surface area (Å²) in [5, 5.41) is 21.0. The summed E-state index contributed by atoms with van der Waals surface area (Å²) in [6.07, 6.45) is -0.523. The smallest absolute Gasteiger partial charge is 0.356 e. The van der Waals surface area contributed by atoms with E-state index in [1.807, 2.05) is 21.1 Å². The number of hydrogen-bond acceptors (Lipinski definition) is 8. The van der Waals surface area contributed by atoms with Crippen molar-refractivity contribution in [2.75, 3.05) is 40.0 Å². The second-order valence-electron chi connectivity index (χ2n) is 8.50. The first-order valence-electron chi connectivity index (χ1n) is 9.74. The molecule has 1 saturated heterocycles. The number of β-lactam (4-membered cyclic amide) rings is 1. The highest BCUT2D eigenvalue weighted by Gasteiger charge is 2.57. The summed E-state index contributed by atoms with van der Waals surface area (Å²) >= 11 is 1.38. The number of nitrogens with two attached hydrogens (primary N) is 1. The summed E-state index contributed by atoms with van der Waals surface area (Å²) < 4.78 is 5.91. The number of nitrogens with zero attached hydrogens (tertiary/aromatic N) is 3. The maximum absolute atomic E-state index is 13.0. The van der Waals surface area contributed by atoms with E-state index >= 15 is 0 Å². The first kappa shape index (κ1) is 24.2. The van der Waals surface area contributed by atoms with Crippen molar-refractivity contribution in [3.05, 3.63) is 10.6 Å². The van der Waals surface area contributed by atoms with E-state index in [9.17, 15) is 24.6 Å². The summed E-state index contributed by atoms with van der Waals surface area (Å²) in [5.41, 5.74) is 5.38. The molecule has 2 aliphatic rings. The lowest BCUT2D eigenvalue weighted by Crippen LogP contribution is -2.62. The standard InChI is InChI=1S/C19H30N4O6S/c1-11(24)16-13-8-14(30-6-5-21-10-20)17(22(13)18(16)27)19(28)29-12(7-15(25)26)9-23(2,3)4/h10-13,16,24H,5-9H2,1-4H3,(H2-,20,21,25,26)/t11-,12?,13-,16-/m1/s1. The van der Waals surface area contributed by atoms with E-state index in [1.54, 1.807) is 6.92 Å². The number of carbonyl (C=O) groups excluding carboxylic acids is 3. The van der Waals surface area contributed by atoms with Crippen molar-refractivity contribution in [2.24, 2.45) is 16.6 Å². The Labute approximate surface area is 180 Å². The third kappa shape index (κ3) is 5.73. The second-order valence-corrected chi connectivity index (χ2v) is 9.69. The average molecular weight is 443 g/mol. The number of hydrogen-bond donors (Lipinski definition) is 2. The number of carbonyl (C=O) groups is 3. The number of likely N-dealkylation sites (N-methyl/N-ethyl adjacent to an activating group) is 1. The van der Waals surface area contributed by atoms with Crippen LogP contribution in [-0.2, 0) is 19.1 Å². The molecule has 0 aromatic carbocycles. The number of fused-ring (bicyclic) bond motifs is 1. The van der Waals surface area contributed by atoms with E-state index in [0.717, 1.165) is 0 Å². The van der Waals surface area contributed by atoms with Gasteiger partial charge in [0.05, 0.1) is 52.1 Å². The number of aliphatic imine (C=N–C) groups is 1. The molecule has 11 heteroatoms. The third-order valence-corrected chi connectivity index (χ3v) is 6.00. The van der Waals surface area contributed by atoms with Crippen LogP contribution in [0.3, 0.4) is 0 Å². The lowest BCUT2D eigenvalue weighted by molar-refractivity contribution is -0.873. The Hall–Kier alpha value is -2.11. The van der Waals surface area contributed by atoms with E-state index in [2.05, 4.69) is 4.99 Å². The molecule has 0 aliphatic carbocycles. The minimum absolute atomic E-state index is 0.133. The normalized spacial score (nSPS) is 23.4. The molecule has 0 spiro atoms. The van der Waals surface area contributed by atoms with Crippen molar-refractivity contribution in [1.82, 2.24) is 4.90 Å². The van der Waals surface area contributed by atoms with E-state index in [0.29, 0.717) is 28.1 Å². The molecule has 0 aromatic rings. The number of thioether (sulfide) groups is 1. The highest BCUT2D eigenvalue weighted by atomic mass is 32.2. The third-order valence-electron chi connectivity index (χ3n) is 4.90. The molecule has 3 N–H and O–H groups in total. The average Bonchev–Trinajstić information content (AvgIpc) is 2.90. The van der Waals surface area contributed by atoms with Crippen LogP contribution < -0.4 is 10.8 Å². The van der Waals surface area contributed by atoms with Crippen LogP contribution in [0.1, 0.15) is 19.8 Å². The molecule has 168 valence electrons. The second kappa shape index (κ2) is 9.80. The first-order valence-corrected chi connectivity index (χ1v) is 10.7. The Kier molecular flexibility index (Phi) is 7.89. The maximum Gasteiger partial charge on any atom is 0.356 e. The molecule has 0 aromatic heterocycles. The van der Waals surface area contributed by atoms with Crippen LogP contribution in [0.4, 0.5) is 0 Å². The number of ether oxygens (including phenoxy) is 1. The molecule has 1 amide bonds. The zero-order valence-corrected chi connectivity index (χ0v) is 18.6. The van der Waals surface area contributed by atoms with Crippen molar-refractivity contribution < 1.29 is 33.8 Å². The topological polar surface area (TPSA) is 145 Å². The van der Waals surface area contributed by atoms with Crippen LogP contribution in [0, 0.1) is 5.92 Å². The van der Waals surface area contributed by atoms with Gasteiger partial charge in [-0.2, -0.15) is 0 Å².